The number of phenols is 1. The van der Waals surface area contributed by atoms with Gasteiger partial charge in [-0.1, -0.05) is 13.0 Å². The number of carbonyl (C=O) groups excluding carboxylic acids is 1. The summed E-state index contributed by atoms with van der Waals surface area (Å²) < 4.78 is 15.1. The van der Waals surface area contributed by atoms with E-state index in [1.807, 2.05) is 13.8 Å². The van der Waals surface area contributed by atoms with Crippen molar-refractivity contribution in [2.24, 2.45) is 0 Å². The minimum absolute atomic E-state index is 0.123. The Bertz CT molecular complexity index is 725. The molecule has 0 saturated carbocycles. The van der Waals surface area contributed by atoms with Gasteiger partial charge in [0.05, 0.1) is 11.7 Å². The van der Waals surface area contributed by atoms with Crippen LogP contribution in [0.5, 0.6) is 5.75 Å². The summed E-state index contributed by atoms with van der Waals surface area (Å²) in [6, 6.07) is 3.72. The normalized spacial score (nSPS) is 12.2. The van der Waals surface area contributed by atoms with Gasteiger partial charge in [-0.3, -0.25) is 9.48 Å². The van der Waals surface area contributed by atoms with Crippen LogP contribution in [-0.4, -0.2) is 20.8 Å². The second-order valence-corrected chi connectivity index (χ2v) is 5.66. The molecule has 0 aliphatic heterocycles. The van der Waals surface area contributed by atoms with E-state index in [1.54, 1.807) is 17.7 Å². The molecule has 0 radical (unpaired) electrons. The van der Waals surface area contributed by atoms with Crippen molar-refractivity contribution in [1.29, 1.82) is 0 Å². The minimum atomic E-state index is -0.699. The molecule has 0 fully saturated rings. The molecule has 1 unspecified atom stereocenters. The van der Waals surface area contributed by atoms with Gasteiger partial charge < -0.3 is 10.4 Å². The summed E-state index contributed by atoms with van der Waals surface area (Å²) in [5.74, 6) is -1.30. The van der Waals surface area contributed by atoms with E-state index in [-0.39, 0.29) is 18.5 Å². The lowest BCUT2D eigenvalue weighted by molar-refractivity contribution is -0.122. The number of aryl methyl sites for hydroxylation is 1. The highest BCUT2D eigenvalue weighted by Gasteiger charge is 2.15. The standard InChI is InChI=1S/C17H22FN3O2/c1-5-14-11(3)20-21(12(14)4)9-17(23)19-10(2)13-6-7-16(22)15(18)8-13/h6-8,10,22H,5,9H2,1-4H3,(H,19,23). The van der Waals surface area contributed by atoms with Gasteiger partial charge in [-0.05, 0) is 50.5 Å². The molecule has 0 aliphatic rings. The Balaban J connectivity index is 2.05. The summed E-state index contributed by atoms with van der Waals surface area (Å²) in [4.78, 5) is 12.2. The number of nitrogens with one attached hydrogen (secondary N) is 1. The molecule has 2 N–H and O–H groups in total. The van der Waals surface area contributed by atoms with Crippen molar-refractivity contribution >= 4 is 5.91 Å². The number of halogens is 1. The second-order valence-electron chi connectivity index (χ2n) is 5.66. The molecule has 1 aromatic carbocycles. The molecule has 5 nitrogen and oxygen atoms in total. The van der Waals surface area contributed by atoms with Gasteiger partial charge in [0.2, 0.25) is 5.91 Å². The van der Waals surface area contributed by atoms with Crippen LogP contribution in [0.1, 0.15) is 42.4 Å². The molecule has 0 spiro atoms. The van der Waals surface area contributed by atoms with Crippen LogP contribution < -0.4 is 5.32 Å². The Kier molecular flexibility index (Phi) is 5.03. The lowest BCUT2D eigenvalue weighted by Crippen LogP contribution is -2.30. The zero-order chi connectivity index (χ0) is 17.1. The first kappa shape index (κ1) is 17.0. The molecule has 1 aromatic heterocycles. The first-order valence-electron chi connectivity index (χ1n) is 7.64. The summed E-state index contributed by atoms with van der Waals surface area (Å²) >= 11 is 0. The van der Waals surface area contributed by atoms with Crippen molar-refractivity contribution in [3.8, 4) is 5.75 Å². The highest BCUT2D eigenvalue weighted by molar-refractivity contribution is 5.76. The summed E-state index contributed by atoms with van der Waals surface area (Å²) in [5.41, 5.74) is 3.68. The van der Waals surface area contributed by atoms with E-state index >= 15 is 0 Å². The molecule has 2 aromatic rings. The number of aromatic hydroxyl groups is 1. The molecular formula is C17H22FN3O2. The summed E-state index contributed by atoms with van der Waals surface area (Å²) in [5, 5.41) is 16.4. The van der Waals surface area contributed by atoms with Crippen molar-refractivity contribution in [3.63, 3.8) is 0 Å². The smallest absolute Gasteiger partial charge is 0.242 e. The quantitative estimate of drug-likeness (QED) is 0.890. The Labute approximate surface area is 135 Å². The van der Waals surface area contributed by atoms with Gasteiger partial charge in [0, 0.05) is 5.69 Å². The van der Waals surface area contributed by atoms with Crippen LogP contribution in [0.3, 0.4) is 0 Å². The Morgan fingerprint density at radius 2 is 2.13 bits per heavy atom. The third-order valence-electron chi connectivity index (χ3n) is 4.03. The molecule has 23 heavy (non-hydrogen) atoms. The van der Waals surface area contributed by atoms with Crippen molar-refractivity contribution < 1.29 is 14.3 Å². The SMILES string of the molecule is CCc1c(C)nn(CC(=O)NC(C)c2ccc(O)c(F)c2)c1C. The largest absolute Gasteiger partial charge is 0.505 e. The maximum Gasteiger partial charge on any atom is 0.242 e. The molecule has 6 heteroatoms. The number of hydrogen-bond donors (Lipinski definition) is 2. The van der Waals surface area contributed by atoms with Crippen molar-refractivity contribution in [1.82, 2.24) is 15.1 Å². The third-order valence-corrected chi connectivity index (χ3v) is 4.03. The molecule has 1 atom stereocenters. The lowest BCUT2D eigenvalue weighted by atomic mass is 10.1. The third kappa shape index (κ3) is 3.70. The highest BCUT2D eigenvalue weighted by Crippen LogP contribution is 2.20. The number of carbonyl (C=O) groups is 1. The van der Waals surface area contributed by atoms with Gasteiger partial charge >= 0.3 is 0 Å². The molecule has 0 saturated heterocycles. The number of phenolic OH excluding ortho intramolecular Hbond substituents is 1. The first-order chi connectivity index (χ1) is 10.8. The minimum Gasteiger partial charge on any atom is -0.505 e. The molecule has 2 rings (SSSR count). The van der Waals surface area contributed by atoms with Crippen molar-refractivity contribution in [3.05, 3.63) is 46.5 Å². The number of hydrogen-bond acceptors (Lipinski definition) is 3. The van der Waals surface area contributed by atoms with Crippen molar-refractivity contribution in [2.45, 2.75) is 46.7 Å². The molecule has 0 aliphatic carbocycles. The fourth-order valence-corrected chi connectivity index (χ4v) is 2.70. The maximum absolute atomic E-state index is 13.4. The molecular weight excluding hydrogens is 297 g/mol. The van der Waals surface area contributed by atoms with E-state index in [4.69, 9.17) is 0 Å². The van der Waals surface area contributed by atoms with E-state index in [9.17, 15) is 14.3 Å². The fraction of sp³-hybridized carbons (Fsp3) is 0.412. The molecule has 124 valence electrons. The number of amides is 1. The molecule has 1 amide bonds. The lowest BCUT2D eigenvalue weighted by Gasteiger charge is -2.15. The number of benzene rings is 1. The van der Waals surface area contributed by atoms with Crippen LogP contribution in [0, 0.1) is 19.7 Å². The van der Waals surface area contributed by atoms with Crippen LogP contribution >= 0.6 is 0 Å². The van der Waals surface area contributed by atoms with Gasteiger partial charge in [-0.2, -0.15) is 5.10 Å². The monoisotopic (exact) mass is 319 g/mol. The molecule has 1 heterocycles. The molecule has 0 bridgehead atoms. The van der Waals surface area contributed by atoms with E-state index in [0.29, 0.717) is 5.56 Å². The summed E-state index contributed by atoms with van der Waals surface area (Å²) in [6.45, 7) is 7.83. The topological polar surface area (TPSA) is 67.2 Å². The van der Waals surface area contributed by atoms with Crippen molar-refractivity contribution in [2.75, 3.05) is 0 Å². The predicted octanol–water partition coefficient (Wildman–Crippen LogP) is 2.78. The average molecular weight is 319 g/mol. The Morgan fingerprint density at radius 3 is 2.70 bits per heavy atom. The fourth-order valence-electron chi connectivity index (χ4n) is 2.70. The van der Waals surface area contributed by atoms with Crippen LogP contribution in [-0.2, 0) is 17.8 Å². The van der Waals surface area contributed by atoms with Gasteiger partial charge in [0.15, 0.2) is 11.6 Å². The number of aromatic nitrogens is 2. The summed E-state index contributed by atoms with van der Waals surface area (Å²) in [6.07, 6.45) is 0.877. The Hall–Kier alpha value is -2.37. The Morgan fingerprint density at radius 1 is 1.43 bits per heavy atom. The van der Waals surface area contributed by atoms with Crippen LogP contribution in [0.4, 0.5) is 4.39 Å². The first-order valence-corrected chi connectivity index (χ1v) is 7.64. The van der Waals surface area contributed by atoms with Crippen LogP contribution in [0.25, 0.3) is 0 Å². The number of nitrogens with zero attached hydrogens (tertiary/aromatic N) is 2. The predicted molar refractivity (Wildman–Crippen MR) is 85.7 cm³/mol. The number of rotatable bonds is 5. The van der Waals surface area contributed by atoms with Gasteiger partial charge in [-0.15, -0.1) is 0 Å². The van der Waals surface area contributed by atoms with E-state index in [2.05, 4.69) is 17.3 Å². The van der Waals surface area contributed by atoms with E-state index < -0.39 is 11.6 Å². The summed E-state index contributed by atoms with van der Waals surface area (Å²) in [7, 11) is 0. The zero-order valence-corrected chi connectivity index (χ0v) is 13.9. The van der Waals surface area contributed by atoms with Crippen LogP contribution in [0.15, 0.2) is 18.2 Å². The van der Waals surface area contributed by atoms with E-state index in [1.165, 1.54) is 12.1 Å². The maximum atomic E-state index is 13.4. The van der Waals surface area contributed by atoms with Gasteiger partial charge in [0.25, 0.3) is 0 Å². The van der Waals surface area contributed by atoms with Gasteiger partial charge in [0.1, 0.15) is 6.54 Å². The van der Waals surface area contributed by atoms with Crippen LogP contribution in [0.2, 0.25) is 0 Å². The highest BCUT2D eigenvalue weighted by atomic mass is 19.1. The zero-order valence-electron chi connectivity index (χ0n) is 13.9. The average Bonchev–Trinajstić information content (AvgIpc) is 2.75. The van der Waals surface area contributed by atoms with Gasteiger partial charge in [-0.25, -0.2) is 4.39 Å². The van der Waals surface area contributed by atoms with E-state index in [0.717, 1.165) is 23.4 Å². The second kappa shape index (κ2) is 6.81.